The molecule has 0 saturated heterocycles. The topological polar surface area (TPSA) is 57.6 Å². The van der Waals surface area contributed by atoms with Crippen molar-refractivity contribution in [3.8, 4) is 0 Å². The molecule has 2 aliphatic rings. The quantitative estimate of drug-likeness (QED) is 0.847. The third-order valence-electron chi connectivity index (χ3n) is 4.72. The lowest BCUT2D eigenvalue weighted by atomic mass is 9.80. The van der Waals surface area contributed by atoms with Gasteiger partial charge in [0.25, 0.3) is 0 Å². The van der Waals surface area contributed by atoms with Crippen LogP contribution >= 0.6 is 0 Å². The van der Waals surface area contributed by atoms with Crippen LogP contribution in [0.4, 0.5) is 0 Å². The molecule has 2 atom stereocenters. The average Bonchev–Trinajstić information content (AvgIpc) is 2.78. The highest BCUT2D eigenvalue weighted by Crippen LogP contribution is 2.32. The summed E-state index contributed by atoms with van der Waals surface area (Å²) in [4.78, 5) is 25.6. The lowest BCUT2D eigenvalue weighted by molar-refractivity contribution is -0.140. The smallest absolute Gasteiger partial charge is 0.225 e. The van der Waals surface area contributed by atoms with Gasteiger partial charge in [-0.05, 0) is 25.7 Å². The fourth-order valence-electron chi connectivity index (χ4n) is 3.49. The van der Waals surface area contributed by atoms with Crippen LogP contribution < -0.4 is 0 Å². The molecule has 19 heavy (non-hydrogen) atoms. The monoisotopic (exact) mass is 267 g/mol. The van der Waals surface area contributed by atoms with Crippen LogP contribution in [0.1, 0.15) is 51.9 Å². The molecule has 0 spiro atoms. The number of Topliss-reactive ketones (excluding diaryl/α,β-unsaturated/α-hetero) is 1. The molecule has 2 saturated carbocycles. The molecule has 2 fully saturated rings. The highest BCUT2D eigenvalue weighted by atomic mass is 16.3. The number of hydrogen-bond donors (Lipinski definition) is 1. The molecule has 0 unspecified atom stereocenters. The number of carbonyl (C=O) groups is 2. The van der Waals surface area contributed by atoms with E-state index in [4.69, 9.17) is 0 Å². The normalized spacial score (nSPS) is 30.4. The summed E-state index contributed by atoms with van der Waals surface area (Å²) in [5.41, 5.74) is -0.680. The summed E-state index contributed by atoms with van der Waals surface area (Å²) in [5.74, 6) is 0.342. The van der Waals surface area contributed by atoms with Gasteiger partial charge in [0.05, 0.1) is 5.60 Å². The van der Waals surface area contributed by atoms with Gasteiger partial charge in [-0.15, -0.1) is 0 Å². The molecule has 4 nitrogen and oxygen atoms in total. The summed E-state index contributed by atoms with van der Waals surface area (Å²) < 4.78 is 0. The van der Waals surface area contributed by atoms with E-state index in [1.54, 1.807) is 11.9 Å². The molecule has 2 aliphatic carbocycles. The Hall–Kier alpha value is -0.900. The number of hydrogen-bond acceptors (Lipinski definition) is 3. The van der Waals surface area contributed by atoms with Gasteiger partial charge in [0.2, 0.25) is 5.91 Å². The van der Waals surface area contributed by atoms with Crippen LogP contribution in [0.25, 0.3) is 0 Å². The van der Waals surface area contributed by atoms with Crippen molar-refractivity contribution in [3.05, 3.63) is 0 Å². The van der Waals surface area contributed by atoms with Crippen LogP contribution in [0, 0.1) is 11.8 Å². The molecule has 0 radical (unpaired) electrons. The molecule has 1 amide bonds. The van der Waals surface area contributed by atoms with Gasteiger partial charge < -0.3 is 10.0 Å². The van der Waals surface area contributed by atoms with Crippen molar-refractivity contribution in [1.29, 1.82) is 0 Å². The zero-order valence-corrected chi connectivity index (χ0v) is 12.0. The minimum atomic E-state index is -0.680. The number of likely N-dealkylation sites (N-methyl/N-ethyl adjacent to an activating group) is 1. The van der Waals surface area contributed by atoms with E-state index in [0.29, 0.717) is 25.8 Å². The second-order valence-corrected chi connectivity index (χ2v) is 6.46. The first-order chi connectivity index (χ1) is 8.91. The summed E-state index contributed by atoms with van der Waals surface area (Å²) >= 11 is 0. The van der Waals surface area contributed by atoms with Crippen molar-refractivity contribution >= 4 is 11.7 Å². The first-order valence-corrected chi connectivity index (χ1v) is 7.41. The van der Waals surface area contributed by atoms with Gasteiger partial charge in [-0.2, -0.15) is 0 Å². The molecule has 1 N–H and O–H groups in total. The van der Waals surface area contributed by atoms with E-state index in [1.807, 2.05) is 6.92 Å². The van der Waals surface area contributed by atoms with Crippen molar-refractivity contribution in [2.45, 2.75) is 57.5 Å². The predicted molar refractivity (Wildman–Crippen MR) is 72.6 cm³/mol. The summed E-state index contributed by atoms with van der Waals surface area (Å²) in [5, 5.41) is 10.4. The van der Waals surface area contributed by atoms with Crippen LogP contribution in [-0.4, -0.2) is 40.9 Å². The zero-order chi connectivity index (χ0) is 14.0. The number of rotatable bonds is 3. The number of amides is 1. The number of nitrogens with zero attached hydrogens (tertiary/aromatic N) is 1. The summed E-state index contributed by atoms with van der Waals surface area (Å²) in [6.07, 6.45) is 5.55. The maximum Gasteiger partial charge on any atom is 0.225 e. The highest BCUT2D eigenvalue weighted by Gasteiger charge is 2.36. The lowest BCUT2D eigenvalue weighted by Crippen LogP contribution is -2.45. The maximum atomic E-state index is 12.4. The Morgan fingerprint density at radius 3 is 2.63 bits per heavy atom. The largest absolute Gasteiger partial charge is 0.388 e. The number of carbonyl (C=O) groups excluding carboxylic acids is 2. The Labute approximate surface area is 115 Å². The van der Waals surface area contributed by atoms with Gasteiger partial charge in [-0.1, -0.05) is 19.8 Å². The van der Waals surface area contributed by atoms with E-state index in [2.05, 4.69) is 0 Å². The van der Waals surface area contributed by atoms with E-state index in [9.17, 15) is 14.7 Å². The Morgan fingerprint density at radius 2 is 2.05 bits per heavy atom. The lowest BCUT2D eigenvalue weighted by Gasteiger charge is -2.33. The van der Waals surface area contributed by atoms with Crippen molar-refractivity contribution in [3.63, 3.8) is 0 Å². The molecular formula is C15H25NO3. The Morgan fingerprint density at radius 1 is 1.42 bits per heavy atom. The SMILES string of the molecule is C[C@H]1C[C@H](C(=O)N(C)CC2(O)CCCC2)CCC1=O. The van der Waals surface area contributed by atoms with Crippen molar-refractivity contribution in [1.82, 2.24) is 4.90 Å². The summed E-state index contributed by atoms with van der Waals surface area (Å²) in [6.45, 7) is 2.34. The highest BCUT2D eigenvalue weighted by molar-refractivity contribution is 5.85. The van der Waals surface area contributed by atoms with E-state index < -0.39 is 5.60 Å². The molecule has 0 aromatic rings. The average molecular weight is 267 g/mol. The first kappa shape index (κ1) is 14.5. The van der Waals surface area contributed by atoms with Gasteiger partial charge >= 0.3 is 0 Å². The van der Waals surface area contributed by atoms with Gasteiger partial charge in [0.15, 0.2) is 0 Å². The molecule has 0 heterocycles. The molecule has 0 aliphatic heterocycles. The Kier molecular flexibility index (Phi) is 4.29. The fraction of sp³-hybridized carbons (Fsp3) is 0.867. The molecule has 0 bridgehead atoms. The molecule has 0 aromatic heterocycles. The van der Waals surface area contributed by atoms with Gasteiger partial charge in [0, 0.05) is 31.8 Å². The van der Waals surface area contributed by atoms with E-state index in [0.717, 1.165) is 25.7 Å². The van der Waals surface area contributed by atoms with Gasteiger partial charge in [-0.25, -0.2) is 0 Å². The summed E-state index contributed by atoms with van der Waals surface area (Å²) in [6, 6.07) is 0. The minimum absolute atomic E-state index is 0.00525. The standard InChI is InChI=1S/C15H25NO3/c1-11-9-12(5-6-13(11)17)14(18)16(2)10-15(19)7-3-4-8-15/h11-12,19H,3-10H2,1-2H3/t11-,12+/m0/s1. The fourth-order valence-corrected chi connectivity index (χ4v) is 3.49. The van der Waals surface area contributed by atoms with E-state index in [-0.39, 0.29) is 23.5 Å². The van der Waals surface area contributed by atoms with Crippen LogP contribution in [0.5, 0.6) is 0 Å². The van der Waals surface area contributed by atoms with Crippen LogP contribution in [0.15, 0.2) is 0 Å². The third-order valence-corrected chi connectivity index (χ3v) is 4.72. The van der Waals surface area contributed by atoms with E-state index in [1.165, 1.54) is 0 Å². The van der Waals surface area contributed by atoms with Crippen molar-refractivity contribution in [2.75, 3.05) is 13.6 Å². The third kappa shape index (κ3) is 3.35. The van der Waals surface area contributed by atoms with E-state index >= 15 is 0 Å². The Bertz CT molecular complexity index is 360. The molecule has 4 heteroatoms. The van der Waals surface area contributed by atoms with Crippen molar-refractivity contribution < 1.29 is 14.7 Å². The van der Waals surface area contributed by atoms with Crippen LogP contribution in [0.3, 0.4) is 0 Å². The molecule has 2 rings (SSSR count). The number of aliphatic hydroxyl groups is 1. The van der Waals surface area contributed by atoms with Gasteiger partial charge in [-0.3, -0.25) is 9.59 Å². The maximum absolute atomic E-state index is 12.4. The minimum Gasteiger partial charge on any atom is -0.388 e. The zero-order valence-electron chi connectivity index (χ0n) is 12.0. The van der Waals surface area contributed by atoms with Gasteiger partial charge in [0.1, 0.15) is 5.78 Å². The molecule has 108 valence electrons. The van der Waals surface area contributed by atoms with Crippen LogP contribution in [-0.2, 0) is 9.59 Å². The molecular weight excluding hydrogens is 242 g/mol. The first-order valence-electron chi connectivity index (χ1n) is 7.41. The predicted octanol–water partition coefficient (Wildman–Crippen LogP) is 1.76. The number of ketones is 1. The molecule has 0 aromatic carbocycles. The second-order valence-electron chi connectivity index (χ2n) is 6.46. The van der Waals surface area contributed by atoms with Crippen LogP contribution in [0.2, 0.25) is 0 Å². The summed E-state index contributed by atoms with van der Waals surface area (Å²) in [7, 11) is 1.78. The Balaban J connectivity index is 1.90. The second kappa shape index (κ2) is 5.61. The van der Waals surface area contributed by atoms with Crippen molar-refractivity contribution in [2.24, 2.45) is 11.8 Å².